The van der Waals surface area contributed by atoms with Crippen LogP contribution >= 0.6 is 0 Å². The van der Waals surface area contributed by atoms with Gasteiger partial charge < -0.3 is 11.1 Å². The van der Waals surface area contributed by atoms with E-state index in [1.807, 2.05) is 0 Å². The summed E-state index contributed by atoms with van der Waals surface area (Å²) in [7, 11) is 0. The molecule has 1 aliphatic rings. The van der Waals surface area contributed by atoms with Crippen LogP contribution in [0.25, 0.3) is 0 Å². The molecule has 1 aromatic heterocycles. The second-order valence-corrected chi connectivity index (χ2v) is 4.86. The highest BCUT2D eigenvalue weighted by Gasteiger charge is 2.17. The zero-order valence-electron chi connectivity index (χ0n) is 10.8. The number of nitrogens with zero attached hydrogens (tertiary/aromatic N) is 2. The summed E-state index contributed by atoms with van der Waals surface area (Å²) >= 11 is 0. The van der Waals surface area contributed by atoms with Crippen molar-refractivity contribution in [1.82, 2.24) is 20.4 Å². The number of aromatic nitrogens is 2. The van der Waals surface area contributed by atoms with Crippen molar-refractivity contribution in [2.75, 3.05) is 25.4 Å². The van der Waals surface area contributed by atoms with Gasteiger partial charge in [0.25, 0.3) is 5.91 Å². The number of hydrogen-bond acceptors (Lipinski definition) is 4. The molecule has 2 heterocycles. The molecule has 1 amide bonds. The van der Waals surface area contributed by atoms with Crippen LogP contribution in [-0.4, -0.2) is 46.7 Å². The Kier molecular flexibility index (Phi) is 4.19. The van der Waals surface area contributed by atoms with Crippen LogP contribution in [0.2, 0.25) is 0 Å². The number of carbonyl (C=O) groups excluding carboxylic acids is 1. The van der Waals surface area contributed by atoms with Crippen LogP contribution < -0.4 is 11.1 Å². The lowest BCUT2D eigenvalue weighted by Crippen LogP contribution is -2.44. The van der Waals surface area contributed by atoms with Gasteiger partial charge in [0.05, 0.1) is 0 Å². The highest BCUT2D eigenvalue weighted by Crippen LogP contribution is 2.11. The van der Waals surface area contributed by atoms with E-state index in [1.54, 1.807) is 6.07 Å². The molecule has 18 heavy (non-hydrogen) atoms. The Morgan fingerprint density at radius 3 is 2.89 bits per heavy atom. The van der Waals surface area contributed by atoms with Crippen LogP contribution in [0.4, 0.5) is 5.82 Å². The first kappa shape index (κ1) is 12.9. The number of H-pyrrole nitrogens is 1. The molecule has 0 aliphatic carbocycles. The third kappa shape index (κ3) is 3.22. The maximum Gasteiger partial charge on any atom is 0.269 e. The Morgan fingerprint density at radius 2 is 2.28 bits per heavy atom. The number of rotatable bonds is 4. The molecular formula is C12H21N5O. The lowest BCUT2D eigenvalue weighted by Gasteiger charge is -2.32. The number of nitrogens with two attached hydrogens (primary N) is 1. The lowest BCUT2D eigenvalue weighted by atomic mass is 10.1. The number of carbonyl (C=O) groups is 1. The average molecular weight is 251 g/mol. The van der Waals surface area contributed by atoms with Crippen LogP contribution in [-0.2, 0) is 0 Å². The van der Waals surface area contributed by atoms with E-state index in [2.05, 4.69) is 27.3 Å². The summed E-state index contributed by atoms with van der Waals surface area (Å²) in [6.07, 6.45) is 3.84. The molecule has 1 unspecified atom stereocenters. The normalized spacial score (nSPS) is 18.5. The molecule has 6 nitrogen and oxygen atoms in total. The number of hydrogen-bond donors (Lipinski definition) is 3. The van der Waals surface area contributed by atoms with Gasteiger partial charge in [0, 0.05) is 18.7 Å². The first-order valence-corrected chi connectivity index (χ1v) is 6.50. The first-order valence-electron chi connectivity index (χ1n) is 6.50. The molecule has 0 aromatic carbocycles. The van der Waals surface area contributed by atoms with Crippen molar-refractivity contribution >= 4 is 11.7 Å². The van der Waals surface area contributed by atoms with Crippen molar-refractivity contribution in [3.8, 4) is 0 Å². The molecule has 1 fully saturated rings. The van der Waals surface area contributed by atoms with E-state index in [0.717, 1.165) is 13.1 Å². The third-order valence-corrected chi connectivity index (χ3v) is 3.41. The van der Waals surface area contributed by atoms with Crippen LogP contribution in [0.5, 0.6) is 0 Å². The fourth-order valence-electron chi connectivity index (χ4n) is 2.28. The summed E-state index contributed by atoms with van der Waals surface area (Å²) in [5.41, 5.74) is 5.87. The maximum atomic E-state index is 11.8. The quantitative estimate of drug-likeness (QED) is 0.731. The molecule has 1 aromatic rings. The fraction of sp³-hybridized carbons (Fsp3) is 0.667. The van der Waals surface area contributed by atoms with Gasteiger partial charge in [-0.05, 0) is 32.9 Å². The first-order chi connectivity index (χ1) is 8.66. The topological polar surface area (TPSA) is 87.0 Å². The van der Waals surface area contributed by atoms with Gasteiger partial charge in [-0.3, -0.25) is 14.8 Å². The lowest BCUT2D eigenvalue weighted by molar-refractivity contribution is 0.0925. The predicted molar refractivity (Wildman–Crippen MR) is 70.2 cm³/mol. The molecule has 6 heteroatoms. The molecule has 2 rings (SSSR count). The zero-order valence-corrected chi connectivity index (χ0v) is 10.8. The second kappa shape index (κ2) is 5.86. The zero-order chi connectivity index (χ0) is 13.0. The van der Waals surface area contributed by atoms with Crippen molar-refractivity contribution in [2.24, 2.45) is 0 Å². The molecule has 0 saturated carbocycles. The Labute approximate surface area is 107 Å². The highest BCUT2D eigenvalue weighted by atomic mass is 16.1. The average Bonchev–Trinajstić information content (AvgIpc) is 2.83. The Bertz CT molecular complexity index is 397. The SMILES string of the molecule is CC(CNC(=O)c1cc(N)n[nH]1)N1CCCCC1. The molecule has 0 radical (unpaired) electrons. The standard InChI is InChI=1S/C12H21N5O/c1-9(17-5-3-2-4-6-17)8-14-12(18)10-7-11(13)16-15-10/h7,9H,2-6,8H2,1H3,(H,14,18)(H3,13,15,16). The van der Waals surface area contributed by atoms with Gasteiger partial charge in [-0.2, -0.15) is 5.10 Å². The molecule has 1 atom stereocenters. The Morgan fingerprint density at radius 1 is 1.56 bits per heavy atom. The smallest absolute Gasteiger partial charge is 0.269 e. The van der Waals surface area contributed by atoms with Crippen molar-refractivity contribution in [3.05, 3.63) is 11.8 Å². The molecular weight excluding hydrogens is 230 g/mol. The van der Waals surface area contributed by atoms with Crippen molar-refractivity contribution in [3.63, 3.8) is 0 Å². The number of aromatic amines is 1. The van der Waals surface area contributed by atoms with Crippen LogP contribution in [0.3, 0.4) is 0 Å². The summed E-state index contributed by atoms with van der Waals surface area (Å²) in [5, 5.41) is 9.25. The molecule has 1 aliphatic heterocycles. The van der Waals surface area contributed by atoms with Gasteiger partial charge in [-0.15, -0.1) is 0 Å². The maximum absolute atomic E-state index is 11.8. The van der Waals surface area contributed by atoms with E-state index in [0.29, 0.717) is 24.1 Å². The largest absolute Gasteiger partial charge is 0.382 e. The van der Waals surface area contributed by atoms with E-state index in [1.165, 1.54) is 19.3 Å². The number of nitrogens with one attached hydrogen (secondary N) is 2. The Hall–Kier alpha value is -1.56. The Balaban J connectivity index is 1.78. The molecule has 0 bridgehead atoms. The van der Waals surface area contributed by atoms with Gasteiger partial charge in [-0.1, -0.05) is 6.42 Å². The van der Waals surface area contributed by atoms with E-state index in [-0.39, 0.29) is 5.91 Å². The summed E-state index contributed by atoms with van der Waals surface area (Å²) < 4.78 is 0. The van der Waals surface area contributed by atoms with Crippen molar-refractivity contribution < 1.29 is 4.79 Å². The summed E-state index contributed by atoms with van der Waals surface area (Å²) in [6.45, 7) is 5.06. The highest BCUT2D eigenvalue weighted by molar-refractivity contribution is 5.92. The molecule has 100 valence electrons. The van der Waals surface area contributed by atoms with Gasteiger partial charge in [-0.25, -0.2) is 0 Å². The van der Waals surface area contributed by atoms with Gasteiger partial charge >= 0.3 is 0 Å². The fourth-order valence-corrected chi connectivity index (χ4v) is 2.28. The molecule has 0 spiro atoms. The molecule has 4 N–H and O–H groups in total. The van der Waals surface area contributed by atoms with E-state index in [9.17, 15) is 4.79 Å². The van der Waals surface area contributed by atoms with Gasteiger partial charge in [0.15, 0.2) is 0 Å². The van der Waals surface area contributed by atoms with Crippen molar-refractivity contribution in [2.45, 2.75) is 32.2 Å². The molecule has 1 saturated heterocycles. The van der Waals surface area contributed by atoms with E-state index < -0.39 is 0 Å². The van der Waals surface area contributed by atoms with Gasteiger partial charge in [0.2, 0.25) is 0 Å². The summed E-state index contributed by atoms with van der Waals surface area (Å²) in [4.78, 5) is 14.2. The monoisotopic (exact) mass is 251 g/mol. The van der Waals surface area contributed by atoms with Gasteiger partial charge in [0.1, 0.15) is 11.5 Å². The van der Waals surface area contributed by atoms with Crippen LogP contribution in [0.1, 0.15) is 36.7 Å². The summed E-state index contributed by atoms with van der Waals surface area (Å²) in [5.74, 6) is 0.187. The van der Waals surface area contributed by atoms with Crippen LogP contribution in [0, 0.1) is 0 Å². The number of piperidine rings is 1. The second-order valence-electron chi connectivity index (χ2n) is 4.86. The predicted octanol–water partition coefficient (Wildman–Crippen LogP) is 0.596. The number of nitrogen functional groups attached to an aromatic ring is 1. The third-order valence-electron chi connectivity index (χ3n) is 3.41. The van der Waals surface area contributed by atoms with Crippen LogP contribution in [0.15, 0.2) is 6.07 Å². The minimum Gasteiger partial charge on any atom is -0.382 e. The minimum absolute atomic E-state index is 0.150. The number of anilines is 1. The minimum atomic E-state index is -0.150. The summed E-state index contributed by atoms with van der Waals surface area (Å²) in [6, 6.07) is 1.91. The van der Waals surface area contributed by atoms with E-state index in [4.69, 9.17) is 5.73 Å². The van der Waals surface area contributed by atoms with Crippen molar-refractivity contribution in [1.29, 1.82) is 0 Å². The number of amides is 1. The van der Waals surface area contributed by atoms with E-state index >= 15 is 0 Å². The number of likely N-dealkylation sites (tertiary alicyclic amines) is 1.